The molecule has 88 valence electrons. The Bertz CT molecular complexity index is 393. The fraction of sp³-hybridized carbons (Fsp3) is 0.667. The van der Waals surface area contributed by atoms with Crippen molar-refractivity contribution < 1.29 is 9.32 Å². The van der Waals surface area contributed by atoms with Crippen molar-refractivity contribution in [2.45, 2.75) is 39.7 Å². The Kier molecular flexibility index (Phi) is 2.33. The maximum Gasteiger partial charge on any atom is 0.229 e. The van der Waals surface area contributed by atoms with Crippen molar-refractivity contribution in [2.24, 2.45) is 5.41 Å². The summed E-state index contributed by atoms with van der Waals surface area (Å²) in [5.74, 6) is 0.123. The van der Waals surface area contributed by atoms with Crippen molar-refractivity contribution in [3.63, 3.8) is 0 Å². The van der Waals surface area contributed by atoms with Crippen LogP contribution in [0.1, 0.15) is 33.4 Å². The molecule has 1 amide bonds. The summed E-state index contributed by atoms with van der Waals surface area (Å²) in [7, 11) is 0. The molecule has 1 saturated heterocycles. The third kappa shape index (κ3) is 1.52. The van der Waals surface area contributed by atoms with E-state index in [0.717, 1.165) is 6.54 Å². The number of amides is 1. The lowest BCUT2D eigenvalue weighted by molar-refractivity contribution is -0.166. The van der Waals surface area contributed by atoms with Crippen molar-refractivity contribution in [2.75, 3.05) is 6.54 Å². The van der Waals surface area contributed by atoms with E-state index >= 15 is 0 Å². The summed E-state index contributed by atoms with van der Waals surface area (Å²) >= 11 is 0. The van der Waals surface area contributed by atoms with E-state index in [9.17, 15) is 4.79 Å². The maximum atomic E-state index is 12.0. The van der Waals surface area contributed by atoms with Crippen molar-refractivity contribution in [3.05, 3.63) is 18.0 Å². The molecule has 0 N–H and O–H groups in total. The molecule has 0 spiro atoms. The van der Waals surface area contributed by atoms with Gasteiger partial charge < -0.3 is 9.42 Å². The van der Waals surface area contributed by atoms with Crippen molar-refractivity contribution in [3.8, 4) is 0 Å². The Morgan fingerprint density at radius 3 is 2.62 bits per heavy atom. The highest BCUT2D eigenvalue weighted by Gasteiger charge is 2.54. The van der Waals surface area contributed by atoms with Crippen LogP contribution in [-0.2, 0) is 11.2 Å². The van der Waals surface area contributed by atoms with Gasteiger partial charge in [-0.15, -0.1) is 0 Å². The van der Waals surface area contributed by atoms with Crippen LogP contribution < -0.4 is 0 Å². The monoisotopic (exact) mass is 222 g/mol. The topological polar surface area (TPSA) is 46.3 Å². The molecule has 0 aliphatic carbocycles. The van der Waals surface area contributed by atoms with Gasteiger partial charge in [0.1, 0.15) is 6.26 Å². The minimum absolute atomic E-state index is 0.0756. The SMILES string of the molecule is CC1(C)CN(C(=O)Cc2ccon2)C1(C)C. The molecule has 2 rings (SSSR count). The van der Waals surface area contributed by atoms with Crippen LogP contribution in [0.15, 0.2) is 16.9 Å². The van der Waals surface area contributed by atoms with Gasteiger partial charge in [0.05, 0.1) is 12.1 Å². The first kappa shape index (κ1) is 11.2. The van der Waals surface area contributed by atoms with Gasteiger partial charge in [0, 0.05) is 23.6 Å². The molecule has 1 aliphatic heterocycles. The first-order valence-electron chi connectivity index (χ1n) is 5.54. The number of carbonyl (C=O) groups is 1. The van der Waals surface area contributed by atoms with Crippen LogP contribution in [0.5, 0.6) is 0 Å². The van der Waals surface area contributed by atoms with E-state index in [1.165, 1.54) is 6.26 Å². The largest absolute Gasteiger partial charge is 0.364 e. The van der Waals surface area contributed by atoms with Crippen LogP contribution in [-0.4, -0.2) is 28.0 Å². The Hall–Kier alpha value is -1.32. The molecule has 4 heteroatoms. The van der Waals surface area contributed by atoms with E-state index in [-0.39, 0.29) is 16.9 Å². The number of hydrogen-bond donors (Lipinski definition) is 0. The van der Waals surface area contributed by atoms with Gasteiger partial charge in [-0.05, 0) is 13.8 Å². The molecule has 0 atom stereocenters. The molecular weight excluding hydrogens is 204 g/mol. The van der Waals surface area contributed by atoms with Gasteiger partial charge in [0.25, 0.3) is 0 Å². The van der Waals surface area contributed by atoms with Crippen molar-refractivity contribution in [1.29, 1.82) is 0 Å². The van der Waals surface area contributed by atoms with Gasteiger partial charge in [-0.2, -0.15) is 0 Å². The van der Waals surface area contributed by atoms with Gasteiger partial charge in [0.15, 0.2) is 0 Å². The highest BCUT2D eigenvalue weighted by Crippen LogP contribution is 2.46. The second-order valence-corrected chi connectivity index (χ2v) is 5.59. The number of rotatable bonds is 2. The quantitative estimate of drug-likeness (QED) is 0.767. The Labute approximate surface area is 95.6 Å². The molecule has 1 fully saturated rings. The summed E-state index contributed by atoms with van der Waals surface area (Å²) < 4.78 is 4.72. The van der Waals surface area contributed by atoms with Gasteiger partial charge in [-0.25, -0.2) is 0 Å². The van der Waals surface area contributed by atoms with Gasteiger partial charge in [-0.1, -0.05) is 19.0 Å². The molecule has 4 nitrogen and oxygen atoms in total. The van der Waals surface area contributed by atoms with Crippen LogP contribution in [0, 0.1) is 5.41 Å². The highest BCUT2D eigenvalue weighted by molar-refractivity contribution is 5.80. The van der Waals surface area contributed by atoms with E-state index in [0.29, 0.717) is 12.1 Å². The second kappa shape index (κ2) is 3.34. The summed E-state index contributed by atoms with van der Waals surface area (Å²) in [6.07, 6.45) is 1.82. The molecule has 0 unspecified atom stereocenters. The second-order valence-electron chi connectivity index (χ2n) is 5.59. The van der Waals surface area contributed by atoms with Gasteiger partial charge in [0.2, 0.25) is 5.91 Å². The zero-order chi connectivity index (χ0) is 12.0. The lowest BCUT2D eigenvalue weighted by atomic mass is 9.65. The first-order valence-corrected chi connectivity index (χ1v) is 5.54. The van der Waals surface area contributed by atoms with Crippen molar-refractivity contribution >= 4 is 5.91 Å². The van der Waals surface area contributed by atoms with E-state index in [4.69, 9.17) is 4.52 Å². The molecule has 0 saturated carbocycles. The van der Waals surface area contributed by atoms with E-state index in [1.54, 1.807) is 6.07 Å². The van der Waals surface area contributed by atoms with Crippen LogP contribution in [0.2, 0.25) is 0 Å². The normalized spacial score (nSPS) is 21.6. The smallest absolute Gasteiger partial charge is 0.229 e. The van der Waals surface area contributed by atoms with E-state index in [2.05, 4.69) is 32.9 Å². The summed E-state index contributed by atoms with van der Waals surface area (Å²) in [5, 5.41) is 3.76. The molecule has 1 aromatic rings. The lowest BCUT2D eigenvalue weighted by Gasteiger charge is -2.61. The minimum Gasteiger partial charge on any atom is -0.364 e. The predicted octanol–water partition coefficient (Wildman–Crippen LogP) is 1.86. The number of nitrogens with zero attached hydrogens (tertiary/aromatic N) is 2. The number of carbonyl (C=O) groups excluding carboxylic acids is 1. The average Bonchev–Trinajstić information content (AvgIpc) is 2.66. The third-order valence-electron chi connectivity index (χ3n) is 4.01. The van der Waals surface area contributed by atoms with Crippen LogP contribution in [0.3, 0.4) is 0 Å². The van der Waals surface area contributed by atoms with Crippen LogP contribution in [0.4, 0.5) is 0 Å². The summed E-state index contributed by atoms with van der Waals surface area (Å²) in [4.78, 5) is 14.0. The van der Waals surface area contributed by atoms with E-state index in [1.807, 2.05) is 4.90 Å². The maximum absolute atomic E-state index is 12.0. The fourth-order valence-electron chi connectivity index (χ4n) is 2.04. The third-order valence-corrected chi connectivity index (χ3v) is 4.01. The van der Waals surface area contributed by atoms with Gasteiger partial charge >= 0.3 is 0 Å². The molecule has 0 aromatic carbocycles. The number of likely N-dealkylation sites (tertiary alicyclic amines) is 1. The van der Waals surface area contributed by atoms with Crippen LogP contribution in [0.25, 0.3) is 0 Å². The molecule has 0 radical (unpaired) electrons. The number of aromatic nitrogens is 1. The zero-order valence-corrected chi connectivity index (χ0v) is 10.3. The Balaban J connectivity index is 2.03. The highest BCUT2D eigenvalue weighted by atomic mass is 16.5. The fourth-order valence-corrected chi connectivity index (χ4v) is 2.04. The zero-order valence-electron chi connectivity index (χ0n) is 10.3. The average molecular weight is 222 g/mol. The lowest BCUT2D eigenvalue weighted by Crippen LogP contribution is -2.70. The predicted molar refractivity (Wildman–Crippen MR) is 59.8 cm³/mol. The molecule has 0 bridgehead atoms. The minimum atomic E-state index is -0.0756. The van der Waals surface area contributed by atoms with Gasteiger partial charge in [-0.3, -0.25) is 4.79 Å². The summed E-state index contributed by atoms with van der Waals surface area (Å²) in [6, 6.07) is 1.73. The van der Waals surface area contributed by atoms with E-state index < -0.39 is 0 Å². The van der Waals surface area contributed by atoms with Crippen molar-refractivity contribution in [1.82, 2.24) is 10.1 Å². The molecule has 1 aliphatic rings. The molecule has 1 aromatic heterocycles. The molecule has 2 heterocycles. The van der Waals surface area contributed by atoms with Crippen LogP contribution >= 0.6 is 0 Å². The summed E-state index contributed by atoms with van der Waals surface area (Å²) in [6.45, 7) is 9.41. The molecule has 16 heavy (non-hydrogen) atoms. The Morgan fingerprint density at radius 1 is 1.50 bits per heavy atom. The Morgan fingerprint density at radius 2 is 2.19 bits per heavy atom. The number of hydrogen-bond acceptors (Lipinski definition) is 3. The summed E-state index contributed by atoms with van der Waals surface area (Å²) in [5.41, 5.74) is 0.811. The standard InChI is InChI=1S/C12H18N2O2/c1-11(2)8-14(12(11,3)4)10(15)7-9-5-6-16-13-9/h5-6H,7-8H2,1-4H3. The first-order chi connectivity index (χ1) is 7.34. The molecular formula is C12H18N2O2.